The molecule has 0 amide bonds. The second kappa shape index (κ2) is 12.6. The maximum atomic E-state index is 6.83. The van der Waals surface area contributed by atoms with Gasteiger partial charge in [0.25, 0.3) is 0 Å². The number of anilines is 3. The van der Waals surface area contributed by atoms with E-state index in [2.05, 4.69) is 150 Å². The summed E-state index contributed by atoms with van der Waals surface area (Å²) in [7, 11) is 0. The zero-order valence-electron chi connectivity index (χ0n) is 29.7. The highest BCUT2D eigenvalue weighted by molar-refractivity contribution is 6.21. The van der Waals surface area contributed by atoms with Gasteiger partial charge in [-0.25, -0.2) is 4.98 Å². The zero-order chi connectivity index (χ0) is 36.3. The first-order chi connectivity index (χ1) is 27.3. The van der Waals surface area contributed by atoms with Crippen molar-refractivity contribution in [2.45, 2.75) is 0 Å². The second-order valence-corrected chi connectivity index (χ2v) is 13.9. The fourth-order valence-electron chi connectivity index (χ4n) is 8.15. The highest BCUT2D eigenvalue weighted by Gasteiger charge is 2.26. The Morgan fingerprint density at radius 1 is 0.400 bits per heavy atom. The summed E-state index contributed by atoms with van der Waals surface area (Å²) in [6, 6.07) is 68.0. The van der Waals surface area contributed by atoms with E-state index >= 15 is 0 Å². The molecule has 4 nitrogen and oxygen atoms in total. The van der Waals surface area contributed by atoms with Crippen LogP contribution in [0.3, 0.4) is 0 Å². The van der Waals surface area contributed by atoms with Crippen LogP contribution in [0.15, 0.2) is 203 Å². The van der Waals surface area contributed by atoms with Crippen LogP contribution >= 0.6 is 0 Å². The number of furan rings is 1. The second-order valence-electron chi connectivity index (χ2n) is 13.9. The molecular weight excluding hydrogens is 673 g/mol. The van der Waals surface area contributed by atoms with E-state index < -0.39 is 0 Å². The number of nitrogens with zero attached hydrogens (tertiary/aromatic N) is 2. The Balaban J connectivity index is 1.17. The normalized spacial score (nSPS) is 11.6. The highest BCUT2D eigenvalue weighted by Crippen LogP contribution is 2.48. The van der Waals surface area contributed by atoms with E-state index in [9.17, 15) is 0 Å². The Morgan fingerprint density at radius 3 is 1.82 bits per heavy atom. The van der Waals surface area contributed by atoms with Crippen LogP contribution < -0.4 is 4.90 Å². The molecule has 0 saturated heterocycles. The number of hydrogen-bond acceptors (Lipinski definition) is 4. The van der Waals surface area contributed by atoms with E-state index in [1.165, 1.54) is 27.1 Å². The molecule has 0 radical (unpaired) electrons. The minimum atomic E-state index is 0.572. The average Bonchev–Trinajstić information content (AvgIpc) is 3.87. The molecule has 55 heavy (non-hydrogen) atoms. The Morgan fingerprint density at radius 2 is 1.02 bits per heavy atom. The van der Waals surface area contributed by atoms with Crippen LogP contribution in [0.25, 0.3) is 88.3 Å². The van der Waals surface area contributed by atoms with Gasteiger partial charge in [0.15, 0.2) is 11.2 Å². The third-order valence-corrected chi connectivity index (χ3v) is 10.7. The minimum absolute atomic E-state index is 0.572. The van der Waals surface area contributed by atoms with Gasteiger partial charge in [-0.05, 0) is 86.8 Å². The first-order valence-electron chi connectivity index (χ1n) is 18.5. The standard InChI is InChI=1S/C51H32N2O2/c1-3-15-33(16-4-1)39-21-11-13-25-45(39)53(37-29-27-34(28-30-37)43-31-36-19-7-8-20-38(36)40-22-9-10-23-41(40)43)46-32-44-49(55-51(52-44)35-17-5-2-6-18-35)48-42-24-12-14-26-47(42)54-50(46)48/h1-32H. The van der Waals surface area contributed by atoms with Crippen molar-refractivity contribution in [3.05, 3.63) is 194 Å². The lowest BCUT2D eigenvalue weighted by atomic mass is 9.93. The summed E-state index contributed by atoms with van der Waals surface area (Å²) in [6.45, 7) is 0. The van der Waals surface area contributed by atoms with Gasteiger partial charge in [0.05, 0.1) is 16.8 Å². The summed E-state index contributed by atoms with van der Waals surface area (Å²) < 4.78 is 13.4. The molecule has 0 fully saturated rings. The topological polar surface area (TPSA) is 42.4 Å². The van der Waals surface area contributed by atoms with Gasteiger partial charge in [0.2, 0.25) is 5.89 Å². The van der Waals surface area contributed by atoms with E-state index in [-0.39, 0.29) is 0 Å². The molecule has 11 aromatic rings. The lowest BCUT2D eigenvalue weighted by molar-refractivity contribution is 0.622. The SMILES string of the molecule is c1ccc(-c2nc3cc(N(c4ccc(-c5cc6ccccc6c6ccccc56)cc4)c4ccccc4-c4ccccc4)c4oc5ccccc5c4c3o2)cc1. The monoisotopic (exact) mass is 704 g/mol. The molecule has 2 aromatic heterocycles. The minimum Gasteiger partial charge on any atom is -0.454 e. The summed E-state index contributed by atoms with van der Waals surface area (Å²) in [4.78, 5) is 7.41. The molecule has 258 valence electrons. The quantitative estimate of drug-likeness (QED) is 0.162. The van der Waals surface area contributed by atoms with Crippen LogP contribution in [0.5, 0.6) is 0 Å². The average molecular weight is 705 g/mol. The van der Waals surface area contributed by atoms with Gasteiger partial charge in [-0.15, -0.1) is 0 Å². The van der Waals surface area contributed by atoms with Gasteiger partial charge < -0.3 is 13.7 Å². The van der Waals surface area contributed by atoms with Gasteiger partial charge in [-0.2, -0.15) is 0 Å². The molecule has 2 heterocycles. The lowest BCUT2D eigenvalue weighted by Crippen LogP contribution is -2.11. The fourth-order valence-corrected chi connectivity index (χ4v) is 8.15. The number of oxazole rings is 1. The van der Waals surface area contributed by atoms with Crippen LogP contribution in [-0.2, 0) is 0 Å². The first kappa shape index (κ1) is 31.1. The van der Waals surface area contributed by atoms with E-state index in [0.29, 0.717) is 11.5 Å². The zero-order valence-corrected chi connectivity index (χ0v) is 29.7. The van der Waals surface area contributed by atoms with E-state index in [4.69, 9.17) is 13.8 Å². The molecular formula is C51H32N2O2. The first-order valence-corrected chi connectivity index (χ1v) is 18.5. The Bertz CT molecular complexity index is 3200. The Hall–Kier alpha value is -7.43. The summed E-state index contributed by atoms with van der Waals surface area (Å²) in [5.74, 6) is 0.572. The molecule has 9 aromatic carbocycles. The number of rotatable bonds is 6. The lowest BCUT2D eigenvalue weighted by Gasteiger charge is -2.28. The van der Waals surface area contributed by atoms with Gasteiger partial charge >= 0.3 is 0 Å². The molecule has 0 aliphatic heterocycles. The predicted molar refractivity (Wildman–Crippen MR) is 227 cm³/mol. The van der Waals surface area contributed by atoms with Crippen molar-refractivity contribution in [1.29, 1.82) is 0 Å². The van der Waals surface area contributed by atoms with Crippen LogP contribution in [0, 0.1) is 0 Å². The summed E-state index contributed by atoms with van der Waals surface area (Å²) in [5.41, 5.74) is 11.4. The third-order valence-electron chi connectivity index (χ3n) is 10.7. The maximum absolute atomic E-state index is 6.83. The molecule has 0 spiro atoms. The molecule has 0 aliphatic carbocycles. The van der Waals surface area contributed by atoms with Crippen LogP contribution in [0.2, 0.25) is 0 Å². The van der Waals surface area contributed by atoms with Gasteiger partial charge in [-0.3, -0.25) is 0 Å². The van der Waals surface area contributed by atoms with Crippen molar-refractivity contribution in [1.82, 2.24) is 4.98 Å². The van der Waals surface area contributed by atoms with Crippen LogP contribution in [0.4, 0.5) is 17.1 Å². The maximum Gasteiger partial charge on any atom is 0.227 e. The van der Waals surface area contributed by atoms with E-state index in [0.717, 1.165) is 66.8 Å². The smallest absolute Gasteiger partial charge is 0.227 e. The molecule has 0 atom stereocenters. The summed E-state index contributed by atoms with van der Waals surface area (Å²) >= 11 is 0. The number of fused-ring (bicyclic) bond motifs is 8. The number of aromatic nitrogens is 1. The fraction of sp³-hybridized carbons (Fsp3) is 0. The third kappa shape index (κ3) is 5.11. The predicted octanol–water partition coefficient (Wildman–Crippen LogP) is 14.5. The van der Waals surface area contributed by atoms with Crippen molar-refractivity contribution >= 4 is 71.6 Å². The van der Waals surface area contributed by atoms with Crippen molar-refractivity contribution in [2.24, 2.45) is 0 Å². The molecule has 4 heteroatoms. The number of benzene rings is 9. The number of para-hydroxylation sites is 2. The van der Waals surface area contributed by atoms with Crippen LogP contribution in [-0.4, -0.2) is 4.98 Å². The van der Waals surface area contributed by atoms with E-state index in [1.807, 2.05) is 48.5 Å². The molecule has 0 saturated carbocycles. The van der Waals surface area contributed by atoms with Crippen LogP contribution in [0.1, 0.15) is 0 Å². The summed E-state index contributed by atoms with van der Waals surface area (Å²) in [5, 5.41) is 6.85. The van der Waals surface area contributed by atoms with Gasteiger partial charge in [0, 0.05) is 22.2 Å². The van der Waals surface area contributed by atoms with Crippen molar-refractivity contribution in [3.63, 3.8) is 0 Å². The van der Waals surface area contributed by atoms with Crippen molar-refractivity contribution in [3.8, 4) is 33.7 Å². The summed E-state index contributed by atoms with van der Waals surface area (Å²) in [6.07, 6.45) is 0. The van der Waals surface area contributed by atoms with E-state index in [1.54, 1.807) is 0 Å². The molecule has 0 unspecified atom stereocenters. The van der Waals surface area contributed by atoms with Gasteiger partial charge in [0.1, 0.15) is 11.1 Å². The Labute approximate surface area is 317 Å². The molecule has 11 rings (SSSR count). The van der Waals surface area contributed by atoms with Crippen molar-refractivity contribution in [2.75, 3.05) is 4.90 Å². The van der Waals surface area contributed by atoms with Gasteiger partial charge in [-0.1, -0.05) is 146 Å². The molecule has 0 aliphatic rings. The van der Waals surface area contributed by atoms with Crippen molar-refractivity contribution < 1.29 is 8.83 Å². The largest absolute Gasteiger partial charge is 0.454 e. The molecule has 0 bridgehead atoms. The number of hydrogen-bond donors (Lipinski definition) is 0. The Kier molecular flexibility index (Phi) is 7.14. The molecule has 0 N–H and O–H groups in total. The highest BCUT2D eigenvalue weighted by atomic mass is 16.4.